The lowest BCUT2D eigenvalue weighted by molar-refractivity contribution is 1.16. The summed E-state index contributed by atoms with van der Waals surface area (Å²) >= 11 is 0. The summed E-state index contributed by atoms with van der Waals surface area (Å²) < 4.78 is 0. The van der Waals surface area contributed by atoms with E-state index in [1.165, 1.54) is 66.8 Å². The fraction of sp³-hybridized carbons (Fsp3) is 0.143. The molecule has 0 atom stereocenters. The van der Waals surface area contributed by atoms with Crippen LogP contribution in [-0.2, 0) is 6.42 Å². The van der Waals surface area contributed by atoms with E-state index in [0.717, 1.165) is 6.42 Å². The van der Waals surface area contributed by atoms with E-state index < -0.39 is 0 Å². The monoisotopic (exact) mass is 452 g/mol. The first kappa shape index (κ1) is 22.9. The Bertz CT molecular complexity index is 1500. The number of hydrogen-bond donors (Lipinski definition) is 0. The zero-order valence-corrected chi connectivity index (χ0v) is 21.1. The van der Waals surface area contributed by atoms with Crippen molar-refractivity contribution in [3.05, 3.63) is 143 Å². The van der Waals surface area contributed by atoms with E-state index in [2.05, 4.69) is 137 Å². The van der Waals surface area contributed by atoms with Gasteiger partial charge in [0, 0.05) is 0 Å². The predicted molar refractivity (Wildman–Crippen MR) is 151 cm³/mol. The zero-order valence-electron chi connectivity index (χ0n) is 21.1. The summed E-state index contributed by atoms with van der Waals surface area (Å²) in [4.78, 5) is 0. The Morgan fingerprint density at radius 2 is 1.00 bits per heavy atom. The van der Waals surface area contributed by atoms with Crippen molar-refractivity contribution < 1.29 is 0 Å². The lowest BCUT2D eigenvalue weighted by atomic mass is 9.86. The molecule has 0 heteroatoms. The topological polar surface area (TPSA) is 0 Å². The maximum atomic E-state index is 2.36. The van der Waals surface area contributed by atoms with E-state index >= 15 is 0 Å². The van der Waals surface area contributed by atoms with E-state index in [-0.39, 0.29) is 0 Å². The quantitative estimate of drug-likeness (QED) is 0.249. The standard InChI is InChI=1S/C35H32/c1-24-12-5-7-15-28(24)23-29-16-8-10-18-33(29)31-21-20-30(22-27(31)4)34-19-11-14-26(3)35(34)32-17-9-6-13-25(32)2/h5-22H,23H2,1-4H3. The summed E-state index contributed by atoms with van der Waals surface area (Å²) in [5.74, 6) is 0. The van der Waals surface area contributed by atoms with Crippen molar-refractivity contribution in [1.29, 1.82) is 0 Å². The fourth-order valence-electron chi connectivity index (χ4n) is 5.20. The SMILES string of the molecule is Cc1ccccc1Cc1ccccc1-c1ccc(-c2cccc(C)c2-c2ccccc2C)cc1C. The minimum atomic E-state index is 0.944. The second kappa shape index (κ2) is 9.76. The van der Waals surface area contributed by atoms with Gasteiger partial charge in [0.1, 0.15) is 0 Å². The first-order valence-corrected chi connectivity index (χ1v) is 12.4. The van der Waals surface area contributed by atoms with Crippen LogP contribution in [0, 0.1) is 27.7 Å². The molecular weight excluding hydrogens is 420 g/mol. The van der Waals surface area contributed by atoms with Crippen molar-refractivity contribution >= 4 is 0 Å². The Morgan fingerprint density at radius 1 is 0.400 bits per heavy atom. The van der Waals surface area contributed by atoms with Crippen LogP contribution in [-0.4, -0.2) is 0 Å². The van der Waals surface area contributed by atoms with Crippen LogP contribution in [0.2, 0.25) is 0 Å². The highest BCUT2D eigenvalue weighted by Gasteiger charge is 2.14. The molecule has 0 aliphatic heterocycles. The summed E-state index contributed by atoms with van der Waals surface area (Å²) in [6.07, 6.45) is 0.944. The highest BCUT2D eigenvalue weighted by Crippen LogP contribution is 2.38. The maximum absolute atomic E-state index is 2.36. The van der Waals surface area contributed by atoms with Crippen LogP contribution in [0.5, 0.6) is 0 Å². The maximum Gasteiger partial charge on any atom is -0.00170 e. The largest absolute Gasteiger partial charge is 0.0620 e. The van der Waals surface area contributed by atoms with Crippen molar-refractivity contribution in [2.45, 2.75) is 34.1 Å². The van der Waals surface area contributed by atoms with Crippen molar-refractivity contribution in [3.8, 4) is 33.4 Å². The molecule has 0 spiro atoms. The Morgan fingerprint density at radius 3 is 1.71 bits per heavy atom. The van der Waals surface area contributed by atoms with Gasteiger partial charge in [-0.05, 0) is 101 Å². The van der Waals surface area contributed by atoms with Gasteiger partial charge in [-0.3, -0.25) is 0 Å². The molecule has 0 bridgehead atoms. The molecule has 0 aromatic heterocycles. The molecule has 0 saturated carbocycles. The molecule has 0 nitrogen and oxygen atoms in total. The summed E-state index contributed by atoms with van der Waals surface area (Å²) in [5, 5.41) is 0. The van der Waals surface area contributed by atoms with Crippen LogP contribution in [0.15, 0.2) is 109 Å². The molecule has 5 rings (SSSR count). The van der Waals surface area contributed by atoms with Gasteiger partial charge in [0.05, 0.1) is 0 Å². The Balaban J connectivity index is 1.58. The molecular formula is C35H32. The molecule has 0 unspecified atom stereocenters. The van der Waals surface area contributed by atoms with Crippen LogP contribution in [0.3, 0.4) is 0 Å². The van der Waals surface area contributed by atoms with Crippen LogP contribution < -0.4 is 0 Å². The first-order chi connectivity index (χ1) is 17.0. The van der Waals surface area contributed by atoms with E-state index in [4.69, 9.17) is 0 Å². The zero-order chi connectivity index (χ0) is 24.4. The van der Waals surface area contributed by atoms with Gasteiger partial charge in [-0.15, -0.1) is 0 Å². The van der Waals surface area contributed by atoms with Crippen molar-refractivity contribution in [2.24, 2.45) is 0 Å². The number of rotatable bonds is 5. The highest BCUT2D eigenvalue weighted by atomic mass is 14.2. The first-order valence-electron chi connectivity index (χ1n) is 12.4. The number of benzene rings is 5. The van der Waals surface area contributed by atoms with Gasteiger partial charge in [0.15, 0.2) is 0 Å². The fourth-order valence-corrected chi connectivity index (χ4v) is 5.20. The van der Waals surface area contributed by atoms with Gasteiger partial charge in [0.2, 0.25) is 0 Å². The third kappa shape index (κ3) is 4.57. The molecule has 35 heavy (non-hydrogen) atoms. The molecule has 172 valence electrons. The van der Waals surface area contributed by atoms with Crippen molar-refractivity contribution in [3.63, 3.8) is 0 Å². The molecule has 0 fully saturated rings. The normalized spacial score (nSPS) is 11.0. The molecule has 5 aromatic rings. The van der Waals surface area contributed by atoms with Gasteiger partial charge >= 0.3 is 0 Å². The van der Waals surface area contributed by atoms with Crippen LogP contribution in [0.1, 0.15) is 33.4 Å². The third-order valence-corrected chi connectivity index (χ3v) is 7.17. The summed E-state index contributed by atoms with van der Waals surface area (Å²) in [5.41, 5.74) is 15.9. The predicted octanol–water partition coefficient (Wildman–Crippen LogP) is 9.51. The molecule has 0 aliphatic carbocycles. The highest BCUT2D eigenvalue weighted by molar-refractivity contribution is 5.88. The third-order valence-electron chi connectivity index (χ3n) is 7.17. The second-order valence-corrected chi connectivity index (χ2v) is 9.60. The lowest BCUT2D eigenvalue weighted by Crippen LogP contribution is -1.96. The average molecular weight is 453 g/mol. The van der Waals surface area contributed by atoms with Crippen molar-refractivity contribution in [1.82, 2.24) is 0 Å². The molecule has 0 heterocycles. The second-order valence-electron chi connectivity index (χ2n) is 9.60. The Labute approximate surface area is 209 Å². The molecule has 0 aliphatic rings. The molecule has 0 amide bonds. The van der Waals surface area contributed by atoms with Gasteiger partial charge < -0.3 is 0 Å². The van der Waals surface area contributed by atoms with Crippen LogP contribution in [0.4, 0.5) is 0 Å². The number of hydrogen-bond acceptors (Lipinski definition) is 0. The van der Waals surface area contributed by atoms with Crippen LogP contribution >= 0.6 is 0 Å². The van der Waals surface area contributed by atoms with E-state index in [0.29, 0.717) is 0 Å². The number of aryl methyl sites for hydroxylation is 4. The minimum Gasteiger partial charge on any atom is -0.0620 e. The summed E-state index contributed by atoms with van der Waals surface area (Å²) in [6, 6.07) is 39.8. The Hall–Kier alpha value is -3.90. The van der Waals surface area contributed by atoms with Gasteiger partial charge in [-0.25, -0.2) is 0 Å². The molecule has 5 aromatic carbocycles. The lowest BCUT2D eigenvalue weighted by Gasteiger charge is -2.18. The summed E-state index contributed by atoms with van der Waals surface area (Å²) in [6.45, 7) is 8.86. The molecule has 0 saturated heterocycles. The van der Waals surface area contributed by atoms with E-state index in [1.54, 1.807) is 0 Å². The summed E-state index contributed by atoms with van der Waals surface area (Å²) in [7, 11) is 0. The van der Waals surface area contributed by atoms with E-state index in [9.17, 15) is 0 Å². The van der Waals surface area contributed by atoms with Gasteiger partial charge in [-0.2, -0.15) is 0 Å². The average Bonchev–Trinajstić information content (AvgIpc) is 2.86. The smallest absolute Gasteiger partial charge is 0.00170 e. The minimum absolute atomic E-state index is 0.944. The molecule has 0 radical (unpaired) electrons. The van der Waals surface area contributed by atoms with E-state index in [1.807, 2.05) is 0 Å². The molecule has 0 N–H and O–H groups in total. The van der Waals surface area contributed by atoms with Gasteiger partial charge in [-0.1, -0.05) is 109 Å². The Kier molecular flexibility index (Phi) is 6.38. The van der Waals surface area contributed by atoms with Crippen molar-refractivity contribution in [2.75, 3.05) is 0 Å². The van der Waals surface area contributed by atoms with Gasteiger partial charge in [0.25, 0.3) is 0 Å². The van der Waals surface area contributed by atoms with Crippen LogP contribution in [0.25, 0.3) is 33.4 Å².